The number of hydrogen-bond donors (Lipinski definition) is 0. The van der Waals surface area contributed by atoms with Crippen LogP contribution in [0.15, 0.2) is 29.6 Å². The Morgan fingerprint density at radius 3 is 2.38 bits per heavy atom. The molecule has 1 amide bonds. The number of nitrogens with zero attached hydrogens (tertiary/aromatic N) is 4. The number of thiophene rings is 1. The maximum absolute atomic E-state index is 12.3. The summed E-state index contributed by atoms with van der Waals surface area (Å²) < 4.78 is 5.50. The van der Waals surface area contributed by atoms with E-state index in [9.17, 15) is 4.79 Å². The van der Waals surface area contributed by atoms with Crippen LogP contribution in [-0.2, 0) is 4.74 Å². The first kappa shape index (κ1) is 17.3. The van der Waals surface area contributed by atoms with Gasteiger partial charge in [0, 0.05) is 38.0 Å². The monoisotopic (exact) mass is 372 g/mol. The zero-order chi connectivity index (χ0) is 18.3. The Labute approximate surface area is 157 Å². The van der Waals surface area contributed by atoms with E-state index in [0.717, 1.165) is 42.6 Å². The van der Waals surface area contributed by atoms with E-state index in [2.05, 4.69) is 27.2 Å². The van der Waals surface area contributed by atoms with Gasteiger partial charge in [-0.1, -0.05) is 6.07 Å². The van der Waals surface area contributed by atoms with Crippen molar-refractivity contribution >= 4 is 23.2 Å². The van der Waals surface area contributed by atoms with Gasteiger partial charge in [-0.15, -0.1) is 21.5 Å². The summed E-state index contributed by atoms with van der Waals surface area (Å²) in [5.74, 6) is 1.87. The van der Waals surface area contributed by atoms with E-state index in [1.807, 2.05) is 43.2 Å². The van der Waals surface area contributed by atoms with E-state index >= 15 is 0 Å². The SMILES string of the molecule is CC(C)(C)OC(=O)N1C[C@@H]2CN(c3ccc(-c4cccs4)nn3)C[C@@H]2C1. The van der Waals surface area contributed by atoms with Crippen LogP contribution in [0.3, 0.4) is 0 Å². The third kappa shape index (κ3) is 3.53. The third-order valence-electron chi connectivity index (χ3n) is 4.89. The Balaban J connectivity index is 1.37. The standard InChI is InChI=1S/C19H24N4O2S/c1-19(2,3)25-18(24)23-11-13-9-22(10-14(13)12-23)17-7-6-15(20-21-17)16-5-4-8-26-16/h4-8,13-14H,9-12H2,1-3H3/t13-,14+. The van der Waals surface area contributed by atoms with Gasteiger partial charge in [-0.05, 0) is 44.4 Å². The van der Waals surface area contributed by atoms with Gasteiger partial charge in [0.15, 0.2) is 5.82 Å². The van der Waals surface area contributed by atoms with Crippen molar-refractivity contribution in [3.63, 3.8) is 0 Å². The average molecular weight is 372 g/mol. The van der Waals surface area contributed by atoms with Crippen LogP contribution in [0.2, 0.25) is 0 Å². The molecule has 0 aromatic carbocycles. The van der Waals surface area contributed by atoms with E-state index in [1.54, 1.807) is 11.3 Å². The van der Waals surface area contributed by atoms with Gasteiger partial charge in [-0.25, -0.2) is 4.79 Å². The molecule has 26 heavy (non-hydrogen) atoms. The minimum absolute atomic E-state index is 0.196. The molecule has 2 aromatic rings. The lowest BCUT2D eigenvalue weighted by molar-refractivity contribution is 0.0282. The van der Waals surface area contributed by atoms with E-state index < -0.39 is 5.60 Å². The lowest BCUT2D eigenvalue weighted by Crippen LogP contribution is -2.37. The number of anilines is 1. The number of fused-ring (bicyclic) bond motifs is 1. The molecule has 2 aliphatic rings. The second-order valence-electron chi connectivity index (χ2n) is 8.06. The molecule has 138 valence electrons. The Bertz CT molecular complexity index is 756. The number of amides is 1. The fourth-order valence-corrected chi connectivity index (χ4v) is 4.40. The number of carbonyl (C=O) groups excluding carboxylic acids is 1. The van der Waals surface area contributed by atoms with Crippen molar-refractivity contribution in [3.05, 3.63) is 29.6 Å². The largest absolute Gasteiger partial charge is 0.444 e. The second-order valence-corrected chi connectivity index (χ2v) is 9.01. The number of rotatable bonds is 2. The van der Waals surface area contributed by atoms with E-state index in [-0.39, 0.29) is 6.09 Å². The van der Waals surface area contributed by atoms with Gasteiger partial charge in [0.05, 0.1) is 4.88 Å². The van der Waals surface area contributed by atoms with Crippen LogP contribution in [0.1, 0.15) is 20.8 Å². The van der Waals surface area contributed by atoms with Gasteiger partial charge in [-0.3, -0.25) is 0 Å². The van der Waals surface area contributed by atoms with Crippen LogP contribution >= 0.6 is 11.3 Å². The highest BCUT2D eigenvalue weighted by Gasteiger charge is 2.43. The molecule has 0 unspecified atom stereocenters. The summed E-state index contributed by atoms with van der Waals surface area (Å²) in [6.45, 7) is 9.06. The number of ether oxygens (including phenoxy) is 1. The molecule has 2 atom stereocenters. The maximum atomic E-state index is 12.3. The van der Waals surface area contributed by atoms with Crippen molar-refractivity contribution in [3.8, 4) is 10.6 Å². The van der Waals surface area contributed by atoms with Crippen LogP contribution in [0.4, 0.5) is 10.6 Å². The highest BCUT2D eigenvalue weighted by Crippen LogP contribution is 2.34. The summed E-state index contributed by atoms with van der Waals surface area (Å²) in [6.07, 6.45) is -0.196. The fraction of sp³-hybridized carbons (Fsp3) is 0.526. The third-order valence-corrected chi connectivity index (χ3v) is 5.78. The maximum Gasteiger partial charge on any atom is 0.410 e. The van der Waals surface area contributed by atoms with E-state index in [1.165, 1.54) is 0 Å². The van der Waals surface area contributed by atoms with Crippen LogP contribution in [0, 0.1) is 11.8 Å². The minimum Gasteiger partial charge on any atom is -0.444 e. The predicted molar refractivity (Wildman–Crippen MR) is 102 cm³/mol. The number of likely N-dealkylation sites (tertiary alicyclic amines) is 1. The average Bonchev–Trinajstić information content (AvgIpc) is 3.29. The van der Waals surface area contributed by atoms with Gasteiger partial charge in [0.25, 0.3) is 0 Å². The molecular formula is C19H24N4O2S. The summed E-state index contributed by atoms with van der Waals surface area (Å²) in [5, 5.41) is 10.8. The normalized spacial score (nSPS) is 22.6. The molecular weight excluding hydrogens is 348 g/mol. The lowest BCUT2D eigenvalue weighted by atomic mass is 10.0. The van der Waals surface area contributed by atoms with E-state index in [0.29, 0.717) is 11.8 Å². The molecule has 4 rings (SSSR count). The molecule has 7 heteroatoms. The summed E-state index contributed by atoms with van der Waals surface area (Å²) in [4.78, 5) is 17.5. The van der Waals surface area contributed by atoms with Crippen LogP contribution in [0.25, 0.3) is 10.6 Å². The topological polar surface area (TPSA) is 58.6 Å². The summed E-state index contributed by atoms with van der Waals surface area (Å²) >= 11 is 1.67. The molecule has 0 bridgehead atoms. The fourth-order valence-electron chi connectivity index (χ4n) is 3.71. The minimum atomic E-state index is -0.444. The Hall–Kier alpha value is -2.15. The van der Waals surface area contributed by atoms with Gasteiger partial charge in [0.2, 0.25) is 0 Å². The quantitative estimate of drug-likeness (QED) is 0.807. The van der Waals surface area contributed by atoms with Crippen molar-refractivity contribution in [2.24, 2.45) is 11.8 Å². The molecule has 4 heterocycles. The Kier molecular flexibility index (Phi) is 4.34. The summed E-state index contributed by atoms with van der Waals surface area (Å²) in [7, 11) is 0. The van der Waals surface area contributed by atoms with Gasteiger partial charge in [0.1, 0.15) is 11.3 Å². The number of hydrogen-bond acceptors (Lipinski definition) is 6. The lowest BCUT2D eigenvalue weighted by Gasteiger charge is -2.26. The zero-order valence-electron chi connectivity index (χ0n) is 15.4. The van der Waals surface area contributed by atoms with Crippen LogP contribution in [0.5, 0.6) is 0 Å². The molecule has 2 fully saturated rings. The molecule has 0 saturated carbocycles. The Morgan fingerprint density at radius 1 is 1.12 bits per heavy atom. The van der Waals surface area contributed by atoms with Crippen molar-refractivity contribution in [2.45, 2.75) is 26.4 Å². The van der Waals surface area contributed by atoms with Crippen molar-refractivity contribution in [1.29, 1.82) is 0 Å². The molecule has 2 aliphatic heterocycles. The van der Waals surface area contributed by atoms with Crippen molar-refractivity contribution in [2.75, 3.05) is 31.1 Å². The zero-order valence-corrected chi connectivity index (χ0v) is 16.2. The molecule has 2 saturated heterocycles. The van der Waals surface area contributed by atoms with Gasteiger partial charge < -0.3 is 14.5 Å². The summed E-state index contributed by atoms with van der Waals surface area (Å²) in [6, 6.07) is 8.16. The molecule has 0 radical (unpaired) electrons. The highest BCUT2D eigenvalue weighted by molar-refractivity contribution is 7.13. The number of aromatic nitrogens is 2. The van der Waals surface area contributed by atoms with Crippen LogP contribution in [-0.4, -0.2) is 53.0 Å². The highest BCUT2D eigenvalue weighted by atomic mass is 32.1. The first-order valence-corrected chi connectivity index (χ1v) is 9.87. The predicted octanol–water partition coefficient (Wildman–Crippen LogP) is 3.51. The van der Waals surface area contributed by atoms with Gasteiger partial charge >= 0.3 is 6.09 Å². The van der Waals surface area contributed by atoms with Gasteiger partial charge in [-0.2, -0.15) is 0 Å². The second kappa shape index (κ2) is 6.54. The first-order valence-electron chi connectivity index (χ1n) is 8.99. The van der Waals surface area contributed by atoms with Crippen molar-refractivity contribution < 1.29 is 9.53 Å². The van der Waals surface area contributed by atoms with Crippen LogP contribution < -0.4 is 4.90 Å². The van der Waals surface area contributed by atoms with E-state index in [4.69, 9.17) is 4.74 Å². The first-order chi connectivity index (χ1) is 12.4. The molecule has 0 spiro atoms. The molecule has 6 nitrogen and oxygen atoms in total. The molecule has 0 aliphatic carbocycles. The molecule has 2 aromatic heterocycles. The van der Waals surface area contributed by atoms with Crippen molar-refractivity contribution in [1.82, 2.24) is 15.1 Å². The number of carbonyl (C=O) groups is 1. The smallest absolute Gasteiger partial charge is 0.410 e. The molecule has 0 N–H and O–H groups in total. The summed E-state index contributed by atoms with van der Waals surface area (Å²) in [5.41, 5.74) is 0.472. The Morgan fingerprint density at radius 2 is 1.85 bits per heavy atom.